The van der Waals surface area contributed by atoms with E-state index in [0.29, 0.717) is 17.4 Å². The molecule has 20 heavy (non-hydrogen) atoms. The van der Waals surface area contributed by atoms with Crippen molar-refractivity contribution >= 4 is 5.69 Å². The van der Waals surface area contributed by atoms with Crippen LogP contribution in [0.3, 0.4) is 0 Å². The highest BCUT2D eigenvalue weighted by molar-refractivity contribution is 5.51. The Labute approximate surface area is 119 Å². The van der Waals surface area contributed by atoms with Crippen LogP contribution < -0.4 is 15.4 Å². The number of benzene rings is 1. The van der Waals surface area contributed by atoms with Crippen molar-refractivity contribution in [1.29, 1.82) is 0 Å². The summed E-state index contributed by atoms with van der Waals surface area (Å²) in [6.07, 6.45) is 5.65. The lowest BCUT2D eigenvalue weighted by molar-refractivity contribution is 0.180. The first-order valence-electron chi connectivity index (χ1n) is 7.65. The summed E-state index contributed by atoms with van der Waals surface area (Å²) >= 11 is 0. The molecule has 0 amide bonds. The van der Waals surface area contributed by atoms with E-state index < -0.39 is 0 Å². The Balaban J connectivity index is 1.61. The van der Waals surface area contributed by atoms with Gasteiger partial charge in [0.05, 0.1) is 12.3 Å². The van der Waals surface area contributed by atoms with E-state index in [2.05, 4.69) is 4.90 Å². The predicted octanol–water partition coefficient (Wildman–Crippen LogP) is 2.93. The van der Waals surface area contributed by atoms with Gasteiger partial charge in [-0.1, -0.05) is 6.42 Å². The fraction of sp³-hybridized carbons (Fsp3) is 0.625. The number of piperidine rings is 1. The lowest BCUT2D eigenvalue weighted by Gasteiger charge is -2.32. The van der Waals surface area contributed by atoms with Crippen molar-refractivity contribution in [2.45, 2.75) is 38.1 Å². The van der Waals surface area contributed by atoms with Crippen LogP contribution in [0.4, 0.5) is 10.1 Å². The lowest BCUT2D eigenvalue weighted by Crippen LogP contribution is -2.40. The predicted molar refractivity (Wildman–Crippen MR) is 78.7 cm³/mol. The Hall–Kier alpha value is -1.29. The van der Waals surface area contributed by atoms with E-state index in [1.54, 1.807) is 0 Å². The summed E-state index contributed by atoms with van der Waals surface area (Å²) in [5, 5.41) is 0. The van der Waals surface area contributed by atoms with E-state index in [0.717, 1.165) is 32.5 Å². The third-order valence-corrected chi connectivity index (χ3v) is 4.51. The molecule has 0 aromatic heterocycles. The Morgan fingerprint density at radius 3 is 2.55 bits per heavy atom. The van der Waals surface area contributed by atoms with Gasteiger partial charge in [0.25, 0.3) is 0 Å². The standard InChI is InChI=1S/C16H23FN2O/c17-15-10-14(20-11-12-2-1-3-12)4-5-16(15)19-8-6-13(18)7-9-19/h4-5,10,12-13H,1-3,6-9,11,18H2. The van der Waals surface area contributed by atoms with Crippen molar-refractivity contribution in [2.75, 3.05) is 24.6 Å². The Bertz CT molecular complexity index is 454. The van der Waals surface area contributed by atoms with Crippen molar-refractivity contribution in [2.24, 2.45) is 11.7 Å². The zero-order valence-corrected chi connectivity index (χ0v) is 11.9. The van der Waals surface area contributed by atoms with Crippen LogP contribution in [-0.2, 0) is 0 Å². The smallest absolute Gasteiger partial charge is 0.150 e. The first-order valence-corrected chi connectivity index (χ1v) is 7.65. The van der Waals surface area contributed by atoms with Gasteiger partial charge in [-0.05, 0) is 43.7 Å². The quantitative estimate of drug-likeness (QED) is 0.920. The number of nitrogens with two attached hydrogens (primary N) is 1. The van der Waals surface area contributed by atoms with Gasteiger partial charge in [0.2, 0.25) is 0 Å². The Morgan fingerprint density at radius 2 is 1.95 bits per heavy atom. The number of rotatable bonds is 4. The van der Waals surface area contributed by atoms with Crippen molar-refractivity contribution in [3.8, 4) is 5.75 Å². The molecule has 1 aliphatic carbocycles. The third kappa shape index (κ3) is 3.06. The van der Waals surface area contributed by atoms with Crippen LogP contribution in [0.5, 0.6) is 5.75 Å². The van der Waals surface area contributed by atoms with Crippen LogP contribution >= 0.6 is 0 Å². The van der Waals surface area contributed by atoms with Crippen molar-refractivity contribution in [3.05, 3.63) is 24.0 Å². The van der Waals surface area contributed by atoms with Gasteiger partial charge in [-0.2, -0.15) is 0 Å². The van der Waals surface area contributed by atoms with E-state index in [1.165, 1.54) is 25.3 Å². The molecule has 2 aliphatic rings. The molecule has 1 saturated heterocycles. The number of halogens is 1. The molecule has 2 N–H and O–H groups in total. The number of ether oxygens (including phenoxy) is 1. The molecule has 2 fully saturated rings. The molecule has 3 nitrogen and oxygen atoms in total. The van der Waals surface area contributed by atoms with Crippen LogP contribution in [0, 0.1) is 11.7 Å². The molecule has 0 spiro atoms. The number of hydrogen-bond acceptors (Lipinski definition) is 3. The van der Waals surface area contributed by atoms with E-state index in [1.807, 2.05) is 12.1 Å². The molecular formula is C16H23FN2O. The summed E-state index contributed by atoms with van der Waals surface area (Å²) in [7, 11) is 0. The SMILES string of the molecule is NC1CCN(c2ccc(OCC3CCC3)cc2F)CC1. The monoisotopic (exact) mass is 278 g/mol. The molecule has 0 unspecified atom stereocenters. The summed E-state index contributed by atoms with van der Waals surface area (Å²) in [6.45, 7) is 2.39. The zero-order valence-electron chi connectivity index (χ0n) is 11.9. The summed E-state index contributed by atoms with van der Waals surface area (Å²) in [5.74, 6) is 1.12. The first kappa shape index (κ1) is 13.7. The highest BCUT2D eigenvalue weighted by Crippen LogP contribution is 2.29. The minimum atomic E-state index is -0.188. The highest BCUT2D eigenvalue weighted by atomic mass is 19.1. The van der Waals surface area contributed by atoms with Gasteiger partial charge >= 0.3 is 0 Å². The molecule has 0 radical (unpaired) electrons. The third-order valence-electron chi connectivity index (χ3n) is 4.51. The molecule has 1 aliphatic heterocycles. The fourth-order valence-corrected chi connectivity index (χ4v) is 2.85. The maximum atomic E-state index is 14.2. The molecule has 110 valence electrons. The van der Waals surface area contributed by atoms with Crippen LogP contribution in [0.1, 0.15) is 32.1 Å². The average Bonchev–Trinajstić information content (AvgIpc) is 2.38. The van der Waals surface area contributed by atoms with Gasteiger partial charge in [-0.15, -0.1) is 0 Å². The van der Waals surface area contributed by atoms with Crippen molar-refractivity contribution in [1.82, 2.24) is 0 Å². The van der Waals surface area contributed by atoms with Gasteiger partial charge in [-0.25, -0.2) is 4.39 Å². The van der Waals surface area contributed by atoms with Crippen molar-refractivity contribution in [3.63, 3.8) is 0 Å². The van der Waals surface area contributed by atoms with Crippen LogP contribution in [0.15, 0.2) is 18.2 Å². The molecule has 0 bridgehead atoms. The van der Waals surface area contributed by atoms with Gasteiger partial charge < -0.3 is 15.4 Å². The average molecular weight is 278 g/mol. The van der Waals surface area contributed by atoms with E-state index in [-0.39, 0.29) is 11.9 Å². The normalized spacial score (nSPS) is 20.8. The Kier molecular flexibility index (Phi) is 4.10. The van der Waals surface area contributed by atoms with Gasteiger partial charge in [0.1, 0.15) is 11.6 Å². The van der Waals surface area contributed by atoms with E-state index in [9.17, 15) is 4.39 Å². The van der Waals surface area contributed by atoms with Crippen LogP contribution in [0.2, 0.25) is 0 Å². The summed E-state index contributed by atoms with van der Waals surface area (Å²) in [6, 6.07) is 5.50. The summed E-state index contributed by atoms with van der Waals surface area (Å²) in [4.78, 5) is 2.08. The Morgan fingerprint density at radius 1 is 1.20 bits per heavy atom. The molecule has 1 aromatic rings. The van der Waals surface area contributed by atoms with Gasteiger partial charge in [-0.3, -0.25) is 0 Å². The second-order valence-corrected chi connectivity index (χ2v) is 6.05. The topological polar surface area (TPSA) is 38.5 Å². The second kappa shape index (κ2) is 6.00. The molecule has 1 heterocycles. The molecule has 0 atom stereocenters. The van der Waals surface area contributed by atoms with Crippen molar-refractivity contribution < 1.29 is 9.13 Å². The van der Waals surface area contributed by atoms with Gasteiger partial charge in [0.15, 0.2) is 0 Å². The largest absolute Gasteiger partial charge is 0.493 e. The molecule has 3 rings (SSSR count). The molecule has 1 saturated carbocycles. The number of hydrogen-bond donors (Lipinski definition) is 1. The minimum Gasteiger partial charge on any atom is -0.493 e. The lowest BCUT2D eigenvalue weighted by atomic mass is 9.86. The van der Waals surface area contributed by atoms with Crippen LogP contribution in [0.25, 0.3) is 0 Å². The van der Waals surface area contributed by atoms with E-state index >= 15 is 0 Å². The maximum Gasteiger partial charge on any atom is 0.150 e. The molecule has 1 aromatic carbocycles. The number of anilines is 1. The number of nitrogens with zero attached hydrogens (tertiary/aromatic N) is 1. The summed E-state index contributed by atoms with van der Waals surface area (Å²) < 4.78 is 19.9. The zero-order chi connectivity index (χ0) is 13.9. The van der Waals surface area contributed by atoms with Gasteiger partial charge in [0, 0.05) is 25.2 Å². The fourth-order valence-electron chi connectivity index (χ4n) is 2.85. The minimum absolute atomic E-state index is 0.188. The second-order valence-electron chi connectivity index (χ2n) is 6.05. The summed E-state index contributed by atoms with van der Waals surface area (Å²) in [5.41, 5.74) is 6.56. The molecule has 4 heteroatoms. The highest BCUT2D eigenvalue weighted by Gasteiger charge is 2.20. The first-order chi connectivity index (χ1) is 9.72. The molecular weight excluding hydrogens is 255 g/mol. The maximum absolute atomic E-state index is 14.2. The van der Waals surface area contributed by atoms with Crippen LogP contribution in [-0.4, -0.2) is 25.7 Å². The van der Waals surface area contributed by atoms with E-state index in [4.69, 9.17) is 10.5 Å².